The van der Waals surface area contributed by atoms with Crippen LogP contribution in [-0.2, 0) is 19.0 Å². The minimum absolute atomic E-state index is 0.391. The first-order valence-electron chi connectivity index (χ1n) is 5.84. The second-order valence-electron chi connectivity index (χ2n) is 3.81. The molecule has 0 aromatic carbocycles. The zero-order chi connectivity index (χ0) is 12.8. The van der Waals surface area contributed by atoms with Crippen molar-refractivity contribution in [1.82, 2.24) is 19.7 Å². The third-order valence-corrected chi connectivity index (χ3v) is 2.71. The van der Waals surface area contributed by atoms with E-state index in [1.807, 2.05) is 16.8 Å². The van der Waals surface area contributed by atoms with Crippen molar-refractivity contribution in [3.05, 3.63) is 36.2 Å². The van der Waals surface area contributed by atoms with Crippen molar-refractivity contribution < 1.29 is 4.74 Å². The Bertz CT molecular complexity index is 483. The lowest BCUT2D eigenvalue weighted by Gasteiger charge is -2.07. The number of aromatic nitrogens is 4. The van der Waals surface area contributed by atoms with Gasteiger partial charge in [-0.05, 0) is 18.6 Å². The molecule has 6 heteroatoms. The summed E-state index contributed by atoms with van der Waals surface area (Å²) in [6, 6.07) is 3.70. The predicted molar refractivity (Wildman–Crippen MR) is 68.4 cm³/mol. The van der Waals surface area contributed by atoms with E-state index < -0.39 is 0 Å². The van der Waals surface area contributed by atoms with Crippen molar-refractivity contribution in [3.8, 4) is 5.75 Å². The lowest BCUT2D eigenvalue weighted by atomic mass is 10.4. The van der Waals surface area contributed by atoms with Gasteiger partial charge in [0.25, 0.3) is 0 Å². The summed E-state index contributed by atoms with van der Waals surface area (Å²) < 4.78 is 7.46. The van der Waals surface area contributed by atoms with Crippen molar-refractivity contribution >= 4 is 11.6 Å². The van der Waals surface area contributed by atoms with Gasteiger partial charge in [0.05, 0.1) is 17.8 Å². The molecule has 0 saturated heterocycles. The van der Waals surface area contributed by atoms with E-state index in [1.165, 1.54) is 0 Å². The van der Waals surface area contributed by atoms with Gasteiger partial charge >= 0.3 is 0 Å². The Labute approximate surface area is 111 Å². The van der Waals surface area contributed by atoms with E-state index in [0.717, 1.165) is 24.5 Å². The molecule has 0 fully saturated rings. The van der Waals surface area contributed by atoms with Gasteiger partial charge in [-0.1, -0.05) is 6.92 Å². The highest BCUT2D eigenvalue weighted by atomic mass is 35.5. The smallest absolute Gasteiger partial charge is 0.164 e. The average Bonchev–Trinajstić information content (AvgIpc) is 2.85. The molecular formula is C12H15ClN4O. The van der Waals surface area contributed by atoms with Gasteiger partial charge in [0.1, 0.15) is 18.7 Å². The maximum Gasteiger partial charge on any atom is 0.164 e. The molecule has 96 valence electrons. The standard InChI is InChI=1S/C12H15ClN4O/c1-2-5-17-12(15-9-16-17)8-18-11-4-3-10(6-13)14-7-11/h3-4,7,9H,2,5-6,8H2,1H3. The number of rotatable bonds is 6. The summed E-state index contributed by atoms with van der Waals surface area (Å²) in [6.45, 7) is 3.34. The monoisotopic (exact) mass is 266 g/mol. The Morgan fingerprint density at radius 2 is 2.22 bits per heavy atom. The summed E-state index contributed by atoms with van der Waals surface area (Å²) in [7, 11) is 0. The minimum Gasteiger partial charge on any atom is -0.484 e. The largest absolute Gasteiger partial charge is 0.484 e. The van der Waals surface area contributed by atoms with Crippen LogP contribution in [0, 0.1) is 0 Å². The van der Waals surface area contributed by atoms with Gasteiger partial charge in [0.2, 0.25) is 0 Å². The summed E-state index contributed by atoms with van der Waals surface area (Å²) in [6.07, 6.45) is 4.23. The normalized spacial score (nSPS) is 10.6. The second-order valence-corrected chi connectivity index (χ2v) is 4.07. The Kier molecular flexibility index (Phi) is 4.52. The maximum atomic E-state index is 5.67. The lowest BCUT2D eigenvalue weighted by Crippen LogP contribution is -2.08. The number of aryl methyl sites for hydroxylation is 1. The number of halogens is 1. The summed E-state index contributed by atoms with van der Waals surface area (Å²) in [5, 5.41) is 4.14. The molecule has 0 unspecified atom stereocenters. The van der Waals surface area contributed by atoms with Crippen molar-refractivity contribution in [1.29, 1.82) is 0 Å². The van der Waals surface area contributed by atoms with Crippen LogP contribution in [0.15, 0.2) is 24.7 Å². The van der Waals surface area contributed by atoms with Crippen molar-refractivity contribution in [2.75, 3.05) is 0 Å². The summed E-state index contributed by atoms with van der Waals surface area (Å²) >= 11 is 5.67. The SMILES string of the molecule is CCCn1ncnc1COc1ccc(CCl)nc1. The van der Waals surface area contributed by atoms with Gasteiger partial charge in [-0.3, -0.25) is 4.98 Å². The number of hydrogen-bond donors (Lipinski definition) is 0. The van der Waals surface area contributed by atoms with Gasteiger partial charge in [-0.25, -0.2) is 9.67 Å². The van der Waals surface area contributed by atoms with Crippen LogP contribution in [0.5, 0.6) is 5.75 Å². The van der Waals surface area contributed by atoms with Crippen LogP contribution in [0.2, 0.25) is 0 Å². The van der Waals surface area contributed by atoms with E-state index in [9.17, 15) is 0 Å². The number of ether oxygens (including phenoxy) is 1. The van der Waals surface area contributed by atoms with Crippen LogP contribution in [0.25, 0.3) is 0 Å². The molecule has 0 aliphatic carbocycles. The molecule has 0 bridgehead atoms. The van der Waals surface area contributed by atoms with Crippen LogP contribution < -0.4 is 4.74 Å². The van der Waals surface area contributed by atoms with E-state index in [-0.39, 0.29) is 0 Å². The maximum absolute atomic E-state index is 5.67. The zero-order valence-electron chi connectivity index (χ0n) is 10.2. The molecule has 0 aliphatic heterocycles. The van der Waals surface area contributed by atoms with E-state index >= 15 is 0 Å². The molecule has 0 atom stereocenters. The summed E-state index contributed by atoms with van der Waals surface area (Å²) in [5.41, 5.74) is 0.832. The predicted octanol–water partition coefficient (Wildman–Crippen LogP) is 2.40. The number of hydrogen-bond acceptors (Lipinski definition) is 4. The van der Waals surface area contributed by atoms with Crippen LogP contribution in [-0.4, -0.2) is 19.7 Å². The fourth-order valence-corrected chi connectivity index (χ4v) is 1.68. The number of pyridine rings is 1. The van der Waals surface area contributed by atoms with Crippen LogP contribution in [0.4, 0.5) is 0 Å². The fraction of sp³-hybridized carbons (Fsp3) is 0.417. The molecule has 0 saturated carbocycles. The van der Waals surface area contributed by atoms with Crippen LogP contribution >= 0.6 is 11.6 Å². The van der Waals surface area contributed by atoms with Crippen molar-refractivity contribution in [2.24, 2.45) is 0 Å². The highest BCUT2D eigenvalue weighted by Gasteiger charge is 2.04. The zero-order valence-corrected chi connectivity index (χ0v) is 11.0. The van der Waals surface area contributed by atoms with Gasteiger partial charge in [0, 0.05) is 6.54 Å². The molecule has 0 amide bonds. The molecule has 0 spiro atoms. The molecule has 5 nitrogen and oxygen atoms in total. The van der Waals surface area contributed by atoms with Crippen LogP contribution in [0.1, 0.15) is 24.9 Å². The van der Waals surface area contributed by atoms with Gasteiger partial charge < -0.3 is 4.74 Å². The number of alkyl halides is 1. The quantitative estimate of drug-likeness (QED) is 0.754. The first-order chi connectivity index (χ1) is 8.83. The molecule has 2 heterocycles. The van der Waals surface area contributed by atoms with Gasteiger partial charge in [-0.2, -0.15) is 5.10 Å². The molecule has 2 aromatic heterocycles. The first-order valence-corrected chi connectivity index (χ1v) is 6.37. The molecular weight excluding hydrogens is 252 g/mol. The Morgan fingerprint density at radius 1 is 1.33 bits per heavy atom. The average molecular weight is 267 g/mol. The Balaban J connectivity index is 1.95. The molecule has 2 rings (SSSR count). The topological polar surface area (TPSA) is 52.8 Å². The molecule has 18 heavy (non-hydrogen) atoms. The summed E-state index contributed by atoms with van der Waals surface area (Å²) in [5.74, 6) is 1.93. The highest BCUT2D eigenvalue weighted by molar-refractivity contribution is 6.16. The fourth-order valence-electron chi connectivity index (χ4n) is 1.52. The van der Waals surface area contributed by atoms with E-state index in [4.69, 9.17) is 16.3 Å². The lowest BCUT2D eigenvalue weighted by molar-refractivity contribution is 0.285. The first kappa shape index (κ1) is 12.8. The van der Waals surface area contributed by atoms with E-state index in [0.29, 0.717) is 18.2 Å². The van der Waals surface area contributed by atoms with Crippen LogP contribution in [0.3, 0.4) is 0 Å². The molecule has 0 radical (unpaired) electrons. The molecule has 2 aromatic rings. The summed E-state index contributed by atoms with van der Waals surface area (Å²) in [4.78, 5) is 8.33. The van der Waals surface area contributed by atoms with Crippen molar-refractivity contribution in [3.63, 3.8) is 0 Å². The highest BCUT2D eigenvalue weighted by Crippen LogP contribution is 2.12. The molecule has 0 aliphatic rings. The second kappa shape index (κ2) is 6.35. The minimum atomic E-state index is 0.391. The number of nitrogens with zero attached hydrogens (tertiary/aromatic N) is 4. The van der Waals surface area contributed by atoms with E-state index in [2.05, 4.69) is 22.0 Å². The van der Waals surface area contributed by atoms with Crippen molar-refractivity contribution in [2.45, 2.75) is 32.4 Å². The van der Waals surface area contributed by atoms with E-state index in [1.54, 1.807) is 12.5 Å². The van der Waals surface area contributed by atoms with Gasteiger partial charge in [0.15, 0.2) is 5.82 Å². The molecule has 0 N–H and O–H groups in total. The Hall–Kier alpha value is -1.62. The van der Waals surface area contributed by atoms with Gasteiger partial charge in [-0.15, -0.1) is 11.6 Å². The third-order valence-electron chi connectivity index (χ3n) is 2.43. The Morgan fingerprint density at radius 3 is 2.89 bits per heavy atom. The third kappa shape index (κ3) is 3.20.